The number of aliphatic hydroxyl groups excluding tert-OH is 1. The first-order valence-electron chi connectivity index (χ1n) is 11.1. The van der Waals surface area contributed by atoms with Crippen LogP contribution >= 0.6 is 11.6 Å². The Labute approximate surface area is 204 Å². The van der Waals surface area contributed by atoms with Crippen LogP contribution < -0.4 is 10.1 Å². The smallest absolute Gasteiger partial charge is 0.244 e. The van der Waals surface area contributed by atoms with E-state index in [1.807, 2.05) is 0 Å². The number of aliphatic hydroxyl groups is 1. The van der Waals surface area contributed by atoms with E-state index in [1.165, 1.54) is 13.2 Å². The number of carbonyl (C=O) groups is 2. The van der Waals surface area contributed by atoms with Gasteiger partial charge in [-0.25, -0.2) is 0 Å². The fraction of sp³-hybridized carbons (Fsp3) is 0.346. The normalized spacial score (nSPS) is 15.6. The first-order valence-corrected chi connectivity index (χ1v) is 11.5. The van der Waals surface area contributed by atoms with Crippen LogP contribution in [-0.2, 0) is 4.79 Å². The number of halogens is 1. The van der Waals surface area contributed by atoms with E-state index in [-0.39, 0.29) is 24.2 Å². The van der Waals surface area contributed by atoms with E-state index in [9.17, 15) is 14.7 Å². The minimum atomic E-state index is -0.437. The molecule has 1 aliphatic rings. The number of ether oxygens (including phenoxy) is 1. The molecule has 0 radical (unpaired) electrons. The van der Waals surface area contributed by atoms with Gasteiger partial charge >= 0.3 is 0 Å². The Balaban J connectivity index is 1.51. The Hall–Kier alpha value is -3.18. The maximum Gasteiger partial charge on any atom is 0.244 e. The van der Waals surface area contributed by atoms with Gasteiger partial charge in [0.05, 0.1) is 31.4 Å². The highest BCUT2D eigenvalue weighted by Gasteiger charge is 2.27. The highest BCUT2D eigenvalue weighted by atomic mass is 35.5. The van der Waals surface area contributed by atoms with Gasteiger partial charge in [-0.15, -0.1) is 0 Å². The standard InChI is InChI=1S/C26H28ClN3O4/c1-34-24-8-2-18(15-28)14-21(24)5-9-25(32)29-23(17-31)16-30-12-10-20(11-13-30)26(33)19-3-6-22(27)7-4-19/h2-9,14,20,23,31H,10-13,16-17H2,1H3,(H,29,32)/b9-5+/t23-/m0/s1. The fourth-order valence-corrected chi connectivity index (χ4v) is 4.16. The molecular weight excluding hydrogens is 454 g/mol. The zero-order chi connectivity index (χ0) is 24.5. The van der Waals surface area contributed by atoms with Crippen molar-refractivity contribution < 1.29 is 19.4 Å². The van der Waals surface area contributed by atoms with E-state index in [4.69, 9.17) is 21.6 Å². The topological polar surface area (TPSA) is 103 Å². The highest BCUT2D eigenvalue weighted by molar-refractivity contribution is 6.30. The number of carbonyl (C=O) groups excluding carboxylic acids is 2. The quantitative estimate of drug-likeness (QED) is 0.421. The molecule has 7 nitrogen and oxygen atoms in total. The second-order valence-electron chi connectivity index (χ2n) is 8.24. The van der Waals surface area contributed by atoms with Gasteiger partial charge in [0, 0.05) is 34.7 Å². The number of nitrogens with one attached hydrogen (secondary N) is 1. The molecule has 1 aliphatic heterocycles. The molecule has 2 aromatic carbocycles. The van der Waals surface area contributed by atoms with Crippen LogP contribution in [0.4, 0.5) is 0 Å². The van der Waals surface area contributed by atoms with Crippen molar-refractivity contribution in [3.05, 3.63) is 70.3 Å². The average molecular weight is 482 g/mol. The predicted molar refractivity (Wildman–Crippen MR) is 131 cm³/mol. The van der Waals surface area contributed by atoms with Crippen LogP contribution in [0.5, 0.6) is 5.75 Å². The van der Waals surface area contributed by atoms with Gasteiger partial charge in [0.2, 0.25) is 5.91 Å². The molecule has 0 spiro atoms. The summed E-state index contributed by atoms with van der Waals surface area (Å²) in [5.74, 6) is 0.292. The number of amides is 1. The molecule has 2 N–H and O–H groups in total. The first-order chi connectivity index (χ1) is 16.4. The molecular formula is C26H28ClN3O4. The molecule has 0 saturated carbocycles. The minimum absolute atomic E-state index is 0.0401. The number of benzene rings is 2. The van der Waals surface area contributed by atoms with Crippen LogP contribution in [0.15, 0.2) is 48.5 Å². The van der Waals surface area contributed by atoms with Gasteiger partial charge in [-0.1, -0.05) is 11.6 Å². The van der Waals surface area contributed by atoms with Crippen LogP contribution in [0.1, 0.15) is 34.3 Å². The van der Waals surface area contributed by atoms with Crippen molar-refractivity contribution in [3.63, 3.8) is 0 Å². The van der Waals surface area contributed by atoms with Gasteiger partial charge in [0.15, 0.2) is 5.78 Å². The van der Waals surface area contributed by atoms with Gasteiger partial charge in [0.1, 0.15) is 5.75 Å². The molecule has 34 heavy (non-hydrogen) atoms. The zero-order valence-electron chi connectivity index (χ0n) is 19.0. The van der Waals surface area contributed by atoms with E-state index in [0.29, 0.717) is 47.1 Å². The summed E-state index contributed by atoms with van der Waals surface area (Å²) in [7, 11) is 1.52. The number of nitrogens with zero attached hydrogens (tertiary/aromatic N) is 2. The number of likely N-dealkylation sites (tertiary alicyclic amines) is 1. The van der Waals surface area contributed by atoms with Crippen LogP contribution in [-0.4, -0.2) is 61.1 Å². The SMILES string of the molecule is COc1ccc(C#N)cc1/C=C/C(=O)N[C@H](CO)CN1CCC(C(=O)c2ccc(Cl)cc2)CC1. The molecule has 8 heteroatoms. The number of hydrogen-bond acceptors (Lipinski definition) is 6. The van der Waals surface area contributed by atoms with Gasteiger partial charge in [0.25, 0.3) is 0 Å². The zero-order valence-corrected chi connectivity index (χ0v) is 19.8. The lowest BCUT2D eigenvalue weighted by molar-refractivity contribution is -0.117. The van der Waals surface area contributed by atoms with Crippen molar-refractivity contribution in [1.29, 1.82) is 5.26 Å². The highest BCUT2D eigenvalue weighted by Crippen LogP contribution is 2.23. The molecule has 0 aromatic heterocycles. The molecule has 0 aliphatic carbocycles. The number of nitriles is 1. The summed E-state index contributed by atoms with van der Waals surface area (Å²) < 4.78 is 5.27. The van der Waals surface area contributed by atoms with E-state index in [2.05, 4.69) is 16.3 Å². The Morgan fingerprint density at radius 2 is 1.97 bits per heavy atom. The Morgan fingerprint density at radius 3 is 2.59 bits per heavy atom. The molecule has 1 heterocycles. The van der Waals surface area contributed by atoms with E-state index in [0.717, 1.165) is 12.8 Å². The van der Waals surface area contributed by atoms with Crippen molar-refractivity contribution in [1.82, 2.24) is 10.2 Å². The maximum atomic E-state index is 12.7. The second kappa shape index (κ2) is 12.3. The molecule has 178 valence electrons. The number of piperidine rings is 1. The largest absolute Gasteiger partial charge is 0.496 e. The summed E-state index contributed by atoms with van der Waals surface area (Å²) in [5, 5.41) is 22.3. The lowest BCUT2D eigenvalue weighted by atomic mass is 9.89. The van der Waals surface area contributed by atoms with Gasteiger partial charge in [-0.3, -0.25) is 9.59 Å². The molecule has 1 saturated heterocycles. The summed E-state index contributed by atoms with van der Waals surface area (Å²) in [6.45, 7) is 1.72. The summed E-state index contributed by atoms with van der Waals surface area (Å²) in [6.07, 6.45) is 4.39. The second-order valence-corrected chi connectivity index (χ2v) is 8.67. The molecule has 1 atom stereocenters. The molecule has 2 aromatic rings. The Bertz CT molecular complexity index is 1070. The van der Waals surface area contributed by atoms with E-state index < -0.39 is 6.04 Å². The van der Waals surface area contributed by atoms with Crippen molar-refractivity contribution in [2.45, 2.75) is 18.9 Å². The third-order valence-electron chi connectivity index (χ3n) is 5.91. The number of methoxy groups -OCH3 is 1. The van der Waals surface area contributed by atoms with E-state index in [1.54, 1.807) is 48.5 Å². The third-order valence-corrected chi connectivity index (χ3v) is 6.16. The molecule has 1 amide bonds. The van der Waals surface area contributed by atoms with Gasteiger partial charge < -0.3 is 20.1 Å². The molecule has 0 bridgehead atoms. The van der Waals surface area contributed by atoms with Crippen LogP contribution in [0.3, 0.4) is 0 Å². The van der Waals surface area contributed by atoms with Crippen molar-refractivity contribution in [3.8, 4) is 11.8 Å². The van der Waals surface area contributed by atoms with Crippen molar-refractivity contribution in [2.24, 2.45) is 5.92 Å². The lowest BCUT2D eigenvalue weighted by Crippen LogP contribution is -2.48. The van der Waals surface area contributed by atoms with Crippen molar-refractivity contribution in [2.75, 3.05) is 33.4 Å². The number of hydrogen-bond donors (Lipinski definition) is 2. The minimum Gasteiger partial charge on any atom is -0.496 e. The van der Waals surface area contributed by atoms with Crippen molar-refractivity contribution >= 4 is 29.4 Å². The van der Waals surface area contributed by atoms with Crippen LogP contribution in [0.2, 0.25) is 5.02 Å². The summed E-state index contributed by atoms with van der Waals surface area (Å²) in [4.78, 5) is 27.3. The first kappa shape index (κ1) is 25.4. The van der Waals surface area contributed by atoms with E-state index >= 15 is 0 Å². The Morgan fingerprint density at radius 1 is 1.26 bits per heavy atom. The number of rotatable bonds is 9. The molecule has 3 rings (SSSR count). The number of Topliss-reactive ketones (excluding diaryl/α,β-unsaturated/α-hetero) is 1. The monoisotopic (exact) mass is 481 g/mol. The fourth-order valence-electron chi connectivity index (χ4n) is 4.04. The molecule has 1 fully saturated rings. The number of ketones is 1. The average Bonchev–Trinajstić information content (AvgIpc) is 2.87. The molecule has 0 unspecified atom stereocenters. The van der Waals surface area contributed by atoms with Crippen LogP contribution in [0, 0.1) is 17.2 Å². The lowest BCUT2D eigenvalue weighted by Gasteiger charge is -2.33. The third kappa shape index (κ3) is 6.91. The van der Waals surface area contributed by atoms with Gasteiger partial charge in [-0.05, 0) is 74.5 Å². The summed E-state index contributed by atoms with van der Waals surface area (Å²) in [6, 6.07) is 13.5. The predicted octanol–water partition coefficient (Wildman–Crippen LogP) is 3.31. The van der Waals surface area contributed by atoms with Gasteiger partial charge in [-0.2, -0.15) is 5.26 Å². The summed E-state index contributed by atoms with van der Waals surface area (Å²) >= 11 is 5.91. The summed E-state index contributed by atoms with van der Waals surface area (Å²) in [5.41, 5.74) is 1.75. The van der Waals surface area contributed by atoms with Crippen LogP contribution in [0.25, 0.3) is 6.08 Å². The maximum absolute atomic E-state index is 12.7. The Kier molecular flexibility index (Phi) is 9.23.